The number of carbonyl (C=O) groups is 1. The number of aliphatic hydroxyl groups is 1. The van der Waals surface area contributed by atoms with E-state index >= 15 is 0 Å². The summed E-state index contributed by atoms with van der Waals surface area (Å²) in [6, 6.07) is 0. The van der Waals surface area contributed by atoms with Gasteiger partial charge in [-0.2, -0.15) is 0 Å². The van der Waals surface area contributed by atoms with E-state index in [1.54, 1.807) is 6.92 Å². The highest BCUT2D eigenvalue weighted by molar-refractivity contribution is 5.70. The van der Waals surface area contributed by atoms with Gasteiger partial charge in [0.15, 0.2) is 0 Å². The zero-order valence-electron chi connectivity index (χ0n) is 8.38. The number of hydrogen-bond acceptors (Lipinski definition) is 3. The Balaban J connectivity index is 3.94. The lowest BCUT2D eigenvalue weighted by Crippen LogP contribution is -2.13. The third-order valence-corrected chi connectivity index (χ3v) is 1.89. The van der Waals surface area contributed by atoms with Crippen LogP contribution in [0.25, 0.3) is 0 Å². The average Bonchev–Trinajstić information content (AvgIpc) is 2.04. The van der Waals surface area contributed by atoms with Gasteiger partial charge in [-0.15, -0.1) is 0 Å². The Kier molecular flexibility index (Phi) is 6.24. The molecule has 0 aromatic carbocycles. The maximum absolute atomic E-state index is 11.1. The van der Waals surface area contributed by atoms with Gasteiger partial charge in [-0.1, -0.05) is 12.2 Å². The average molecular weight is 186 g/mol. The van der Waals surface area contributed by atoms with E-state index in [0.29, 0.717) is 19.4 Å². The van der Waals surface area contributed by atoms with Crippen LogP contribution in [0.15, 0.2) is 12.2 Å². The van der Waals surface area contributed by atoms with Crippen molar-refractivity contribution in [3.8, 4) is 0 Å². The zero-order valence-corrected chi connectivity index (χ0v) is 8.38. The number of rotatable bonds is 6. The van der Waals surface area contributed by atoms with Crippen molar-refractivity contribution in [2.75, 3.05) is 13.2 Å². The fraction of sp³-hybridized carbons (Fsp3) is 0.700. The zero-order chi connectivity index (χ0) is 10.3. The normalized spacial score (nSPS) is 12.2. The Morgan fingerprint density at radius 1 is 1.62 bits per heavy atom. The highest BCUT2D eigenvalue weighted by Crippen LogP contribution is 2.17. The molecule has 0 bridgehead atoms. The van der Waals surface area contributed by atoms with E-state index < -0.39 is 0 Å². The van der Waals surface area contributed by atoms with Crippen LogP contribution in [0, 0.1) is 5.92 Å². The number of carbonyl (C=O) groups excluding carboxylic acids is 1. The third kappa shape index (κ3) is 5.42. The van der Waals surface area contributed by atoms with Crippen molar-refractivity contribution in [1.29, 1.82) is 0 Å². The molecule has 1 unspecified atom stereocenters. The number of esters is 1. The number of hydrogen-bond donors (Lipinski definition) is 1. The lowest BCUT2D eigenvalue weighted by atomic mass is 9.95. The van der Waals surface area contributed by atoms with E-state index in [0.717, 1.165) is 5.57 Å². The Morgan fingerprint density at radius 2 is 2.23 bits per heavy atom. The minimum atomic E-state index is -0.219. The summed E-state index contributed by atoms with van der Waals surface area (Å²) in [5, 5.41) is 8.74. The summed E-state index contributed by atoms with van der Waals surface area (Å²) in [4.78, 5) is 11.1. The predicted molar refractivity (Wildman–Crippen MR) is 51.3 cm³/mol. The SMILES string of the molecule is C=C(C)C(CCO)CC(=O)OCC. The van der Waals surface area contributed by atoms with Crippen LogP contribution >= 0.6 is 0 Å². The van der Waals surface area contributed by atoms with Gasteiger partial charge in [0.2, 0.25) is 0 Å². The first-order valence-electron chi connectivity index (χ1n) is 4.53. The first-order chi connectivity index (χ1) is 6.11. The van der Waals surface area contributed by atoms with Crippen LogP contribution in [-0.2, 0) is 9.53 Å². The minimum Gasteiger partial charge on any atom is -0.466 e. The molecule has 0 radical (unpaired) electrons. The molecule has 1 atom stereocenters. The molecule has 0 aliphatic rings. The summed E-state index contributed by atoms with van der Waals surface area (Å²) < 4.78 is 4.81. The summed E-state index contributed by atoms with van der Waals surface area (Å²) in [5.74, 6) is -0.173. The largest absolute Gasteiger partial charge is 0.466 e. The Labute approximate surface area is 79.4 Å². The molecule has 3 heteroatoms. The van der Waals surface area contributed by atoms with Crippen LogP contribution in [0.4, 0.5) is 0 Å². The van der Waals surface area contributed by atoms with Crippen LogP contribution in [-0.4, -0.2) is 24.3 Å². The van der Waals surface area contributed by atoms with Crippen LogP contribution < -0.4 is 0 Å². The van der Waals surface area contributed by atoms with Crippen LogP contribution in [0.2, 0.25) is 0 Å². The van der Waals surface area contributed by atoms with Gasteiger partial charge >= 0.3 is 5.97 Å². The molecule has 0 heterocycles. The Hall–Kier alpha value is -0.830. The Morgan fingerprint density at radius 3 is 2.62 bits per heavy atom. The van der Waals surface area contributed by atoms with Gasteiger partial charge in [-0.05, 0) is 26.2 Å². The number of allylic oxidation sites excluding steroid dienone is 1. The van der Waals surface area contributed by atoms with Crippen molar-refractivity contribution >= 4 is 5.97 Å². The second kappa shape index (κ2) is 6.66. The van der Waals surface area contributed by atoms with Crippen molar-refractivity contribution in [3.05, 3.63) is 12.2 Å². The molecule has 0 fully saturated rings. The number of aliphatic hydroxyl groups excluding tert-OH is 1. The molecule has 3 nitrogen and oxygen atoms in total. The van der Waals surface area contributed by atoms with Crippen molar-refractivity contribution in [2.24, 2.45) is 5.92 Å². The van der Waals surface area contributed by atoms with Crippen LogP contribution in [0.3, 0.4) is 0 Å². The lowest BCUT2D eigenvalue weighted by molar-refractivity contribution is -0.144. The van der Waals surface area contributed by atoms with Gasteiger partial charge in [0.1, 0.15) is 0 Å². The summed E-state index contributed by atoms with van der Waals surface area (Å²) >= 11 is 0. The van der Waals surface area contributed by atoms with Crippen molar-refractivity contribution < 1.29 is 14.6 Å². The van der Waals surface area contributed by atoms with Gasteiger partial charge in [0.05, 0.1) is 13.0 Å². The highest BCUT2D eigenvalue weighted by atomic mass is 16.5. The van der Waals surface area contributed by atoms with Gasteiger partial charge < -0.3 is 9.84 Å². The van der Waals surface area contributed by atoms with Crippen LogP contribution in [0.1, 0.15) is 26.7 Å². The second-order valence-corrected chi connectivity index (χ2v) is 3.06. The monoisotopic (exact) mass is 186 g/mol. The molecular formula is C10H18O3. The Bertz CT molecular complexity index is 175. The quantitative estimate of drug-likeness (QED) is 0.505. The van der Waals surface area contributed by atoms with E-state index in [-0.39, 0.29) is 18.5 Å². The third-order valence-electron chi connectivity index (χ3n) is 1.89. The molecule has 0 rings (SSSR count). The summed E-state index contributed by atoms with van der Waals surface area (Å²) in [6.07, 6.45) is 0.901. The molecule has 0 aliphatic heterocycles. The lowest BCUT2D eigenvalue weighted by Gasteiger charge is -2.14. The van der Waals surface area contributed by atoms with Gasteiger partial charge in [-0.25, -0.2) is 0 Å². The topological polar surface area (TPSA) is 46.5 Å². The maximum atomic E-state index is 11.1. The molecule has 13 heavy (non-hydrogen) atoms. The molecule has 0 spiro atoms. The second-order valence-electron chi connectivity index (χ2n) is 3.06. The van der Waals surface area contributed by atoms with Crippen molar-refractivity contribution in [3.63, 3.8) is 0 Å². The van der Waals surface area contributed by atoms with E-state index in [1.165, 1.54) is 0 Å². The van der Waals surface area contributed by atoms with Crippen molar-refractivity contribution in [1.82, 2.24) is 0 Å². The molecule has 0 saturated carbocycles. The molecule has 76 valence electrons. The van der Waals surface area contributed by atoms with Crippen molar-refractivity contribution in [2.45, 2.75) is 26.7 Å². The molecule has 1 N–H and O–H groups in total. The minimum absolute atomic E-state index is 0.0454. The molecule has 0 amide bonds. The first kappa shape index (κ1) is 12.2. The molecule has 0 aliphatic carbocycles. The van der Waals surface area contributed by atoms with E-state index in [1.807, 2.05) is 6.92 Å². The summed E-state index contributed by atoms with van der Waals surface area (Å²) in [7, 11) is 0. The molecule has 0 aromatic rings. The molecule has 0 saturated heterocycles. The predicted octanol–water partition coefficient (Wildman–Crippen LogP) is 1.51. The highest BCUT2D eigenvalue weighted by Gasteiger charge is 2.14. The van der Waals surface area contributed by atoms with E-state index in [9.17, 15) is 4.79 Å². The molecular weight excluding hydrogens is 168 g/mol. The fourth-order valence-corrected chi connectivity index (χ4v) is 1.10. The van der Waals surface area contributed by atoms with E-state index in [2.05, 4.69) is 6.58 Å². The smallest absolute Gasteiger partial charge is 0.306 e. The maximum Gasteiger partial charge on any atom is 0.306 e. The first-order valence-corrected chi connectivity index (χ1v) is 4.53. The number of ether oxygens (including phenoxy) is 1. The molecule has 0 aromatic heterocycles. The standard InChI is InChI=1S/C10H18O3/c1-4-13-10(12)7-9(5-6-11)8(2)3/h9,11H,2,4-7H2,1,3H3. The van der Waals surface area contributed by atoms with E-state index in [4.69, 9.17) is 9.84 Å². The van der Waals surface area contributed by atoms with Gasteiger partial charge in [0.25, 0.3) is 0 Å². The van der Waals surface area contributed by atoms with Gasteiger partial charge in [0, 0.05) is 6.61 Å². The van der Waals surface area contributed by atoms with Crippen LogP contribution in [0.5, 0.6) is 0 Å². The fourth-order valence-electron chi connectivity index (χ4n) is 1.10. The summed E-state index contributed by atoms with van der Waals surface area (Å²) in [5.41, 5.74) is 0.919. The summed E-state index contributed by atoms with van der Waals surface area (Å²) in [6.45, 7) is 7.89. The van der Waals surface area contributed by atoms with Gasteiger partial charge in [-0.3, -0.25) is 4.79 Å².